The van der Waals surface area contributed by atoms with E-state index in [1.165, 1.54) is 4.90 Å². The summed E-state index contributed by atoms with van der Waals surface area (Å²) in [6.45, 7) is 3.03. The van der Waals surface area contributed by atoms with Crippen LogP contribution in [-0.4, -0.2) is 114 Å². The van der Waals surface area contributed by atoms with Gasteiger partial charge < -0.3 is 42.1 Å². The zero-order chi connectivity index (χ0) is 22.2. The summed E-state index contributed by atoms with van der Waals surface area (Å²) in [4.78, 5) is 45.7. The first-order valence-corrected chi connectivity index (χ1v) is 9.17. The maximum absolute atomic E-state index is 11.5. The van der Waals surface area contributed by atoms with Crippen LogP contribution < -0.4 is 21.7 Å². The third kappa shape index (κ3) is 13.5. The zero-order valence-corrected chi connectivity index (χ0v) is 16.2. The van der Waals surface area contributed by atoms with Crippen LogP contribution in [0.25, 0.3) is 0 Å². The number of hydrogen-bond donors (Lipinski definition) is 8. The SMILES string of the molecule is NCCNCCNCCN(CCNC(CC(=O)O)C(=O)O)C(CC(=O)O)C(=O)O. The van der Waals surface area contributed by atoms with E-state index in [0.717, 1.165) is 0 Å². The summed E-state index contributed by atoms with van der Waals surface area (Å²) in [5.41, 5.74) is 5.36. The number of carboxylic acid groups (broad SMARTS) is 4. The molecule has 13 nitrogen and oxygen atoms in total. The molecule has 0 saturated heterocycles. The van der Waals surface area contributed by atoms with E-state index in [4.69, 9.17) is 21.1 Å². The van der Waals surface area contributed by atoms with E-state index in [1.54, 1.807) is 0 Å². The van der Waals surface area contributed by atoms with Crippen LogP contribution in [0.2, 0.25) is 0 Å². The van der Waals surface area contributed by atoms with Crippen LogP contribution in [-0.2, 0) is 19.2 Å². The normalized spacial score (nSPS) is 13.2. The fraction of sp³-hybridized carbons (Fsp3) is 0.750. The maximum atomic E-state index is 11.5. The van der Waals surface area contributed by atoms with Gasteiger partial charge in [-0.25, -0.2) is 0 Å². The minimum atomic E-state index is -1.34. The summed E-state index contributed by atoms with van der Waals surface area (Å²) in [6, 6.07) is -2.63. The molecule has 0 aromatic rings. The molecule has 0 aromatic carbocycles. The van der Waals surface area contributed by atoms with Gasteiger partial charge >= 0.3 is 23.9 Å². The minimum absolute atomic E-state index is 0.0221. The Balaban J connectivity index is 4.76. The van der Waals surface area contributed by atoms with Gasteiger partial charge in [0.1, 0.15) is 12.1 Å². The summed E-state index contributed by atoms with van der Waals surface area (Å²) in [6.07, 6.45) is -1.25. The van der Waals surface area contributed by atoms with Crippen molar-refractivity contribution in [2.45, 2.75) is 24.9 Å². The van der Waals surface area contributed by atoms with Gasteiger partial charge in [0.2, 0.25) is 0 Å². The van der Waals surface area contributed by atoms with Crippen LogP contribution in [0.5, 0.6) is 0 Å². The van der Waals surface area contributed by atoms with Crippen molar-refractivity contribution >= 4 is 23.9 Å². The average molecular weight is 421 g/mol. The predicted molar refractivity (Wildman–Crippen MR) is 102 cm³/mol. The topological polar surface area (TPSA) is 215 Å². The third-order valence-corrected chi connectivity index (χ3v) is 3.94. The number of nitrogens with one attached hydrogen (secondary N) is 3. The standard InChI is InChI=1S/C16H31N5O8/c17-1-2-18-3-4-19-5-7-21(12(16(28)29)10-14(24)25)8-6-20-11(15(26)27)9-13(22)23/h11-12,18-20H,1-10,17H2,(H,22,23)(H,24,25)(H,26,27)(H,28,29). The summed E-state index contributed by atoms with van der Waals surface area (Å²) >= 11 is 0. The van der Waals surface area contributed by atoms with Gasteiger partial charge in [-0.3, -0.25) is 24.1 Å². The number of nitrogens with two attached hydrogens (primary N) is 1. The van der Waals surface area contributed by atoms with E-state index in [0.29, 0.717) is 32.7 Å². The van der Waals surface area contributed by atoms with Gasteiger partial charge in [0.15, 0.2) is 0 Å². The van der Waals surface area contributed by atoms with Crippen LogP contribution in [0.15, 0.2) is 0 Å². The molecule has 0 aliphatic carbocycles. The molecule has 0 fully saturated rings. The van der Waals surface area contributed by atoms with E-state index < -0.39 is 48.8 Å². The summed E-state index contributed by atoms with van der Waals surface area (Å²) in [7, 11) is 0. The molecule has 9 N–H and O–H groups in total. The molecule has 29 heavy (non-hydrogen) atoms. The van der Waals surface area contributed by atoms with E-state index >= 15 is 0 Å². The van der Waals surface area contributed by atoms with Crippen LogP contribution in [0.3, 0.4) is 0 Å². The number of rotatable bonds is 19. The van der Waals surface area contributed by atoms with Crippen molar-refractivity contribution in [2.75, 3.05) is 52.4 Å². The molecule has 13 heteroatoms. The summed E-state index contributed by atoms with van der Waals surface area (Å²) in [5, 5.41) is 44.8. The molecule has 168 valence electrons. The number of carboxylic acids is 4. The second-order valence-corrected chi connectivity index (χ2v) is 6.22. The first kappa shape index (κ1) is 26.7. The smallest absolute Gasteiger partial charge is 0.321 e. The monoisotopic (exact) mass is 421 g/mol. The van der Waals surface area contributed by atoms with Crippen molar-refractivity contribution in [3.05, 3.63) is 0 Å². The Labute approximate surface area is 168 Å². The molecule has 0 saturated carbocycles. The van der Waals surface area contributed by atoms with Crippen molar-refractivity contribution in [1.29, 1.82) is 0 Å². The lowest BCUT2D eigenvalue weighted by Gasteiger charge is -2.28. The van der Waals surface area contributed by atoms with Gasteiger partial charge in [0.05, 0.1) is 12.8 Å². The molecule has 0 aliphatic rings. The molecule has 0 aromatic heterocycles. The number of carbonyl (C=O) groups is 4. The molecule has 2 unspecified atom stereocenters. The fourth-order valence-electron chi connectivity index (χ4n) is 2.52. The molecule has 0 spiro atoms. The molecule has 0 radical (unpaired) electrons. The molecular formula is C16H31N5O8. The zero-order valence-electron chi connectivity index (χ0n) is 16.2. The Hall–Kier alpha value is -2.32. The highest BCUT2D eigenvalue weighted by Crippen LogP contribution is 2.05. The van der Waals surface area contributed by atoms with Gasteiger partial charge in [0.25, 0.3) is 0 Å². The Morgan fingerprint density at radius 1 is 0.759 bits per heavy atom. The second kappa shape index (κ2) is 15.6. The average Bonchev–Trinajstić information content (AvgIpc) is 2.62. The number of hydrogen-bond acceptors (Lipinski definition) is 9. The first-order chi connectivity index (χ1) is 13.7. The molecule has 0 aliphatic heterocycles. The van der Waals surface area contributed by atoms with Crippen LogP contribution in [0, 0.1) is 0 Å². The van der Waals surface area contributed by atoms with Crippen LogP contribution in [0.1, 0.15) is 12.8 Å². The minimum Gasteiger partial charge on any atom is -0.481 e. The van der Waals surface area contributed by atoms with Crippen LogP contribution in [0.4, 0.5) is 0 Å². The molecule has 0 heterocycles. The Kier molecular flexibility index (Phi) is 14.3. The van der Waals surface area contributed by atoms with Gasteiger partial charge in [-0.2, -0.15) is 0 Å². The lowest BCUT2D eigenvalue weighted by molar-refractivity contribution is -0.149. The van der Waals surface area contributed by atoms with Crippen LogP contribution >= 0.6 is 0 Å². The Morgan fingerprint density at radius 3 is 1.79 bits per heavy atom. The second-order valence-electron chi connectivity index (χ2n) is 6.22. The fourth-order valence-corrected chi connectivity index (χ4v) is 2.52. The molecule has 0 rings (SSSR count). The van der Waals surface area contributed by atoms with Crippen molar-refractivity contribution in [2.24, 2.45) is 5.73 Å². The molecule has 0 amide bonds. The van der Waals surface area contributed by atoms with Crippen molar-refractivity contribution in [3.8, 4) is 0 Å². The van der Waals surface area contributed by atoms with Crippen molar-refractivity contribution in [1.82, 2.24) is 20.9 Å². The molecular weight excluding hydrogens is 390 g/mol. The highest BCUT2D eigenvalue weighted by molar-refractivity contribution is 5.81. The molecule has 2 atom stereocenters. The number of aliphatic carboxylic acids is 4. The lowest BCUT2D eigenvalue weighted by Crippen LogP contribution is -2.50. The summed E-state index contributed by atoms with van der Waals surface area (Å²) < 4.78 is 0. The predicted octanol–water partition coefficient (Wildman–Crippen LogP) is -3.13. The van der Waals surface area contributed by atoms with E-state index in [-0.39, 0.29) is 19.6 Å². The van der Waals surface area contributed by atoms with E-state index in [9.17, 15) is 24.3 Å². The van der Waals surface area contributed by atoms with Gasteiger partial charge in [0, 0.05) is 52.4 Å². The van der Waals surface area contributed by atoms with Crippen molar-refractivity contribution in [3.63, 3.8) is 0 Å². The Morgan fingerprint density at radius 2 is 1.31 bits per heavy atom. The van der Waals surface area contributed by atoms with Gasteiger partial charge in [-0.15, -0.1) is 0 Å². The maximum Gasteiger partial charge on any atom is 0.321 e. The quantitative estimate of drug-likeness (QED) is 0.0969. The van der Waals surface area contributed by atoms with E-state index in [2.05, 4.69) is 16.0 Å². The highest BCUT2D eigenvalue weighted by atomic mass is 16.4. The lowest BCUT2D eigenvalue weighted by atomic mass is 10.1. The number of nitrogens with zero attached hydrogens (tertiary/aromatic N) is 1. The largest absolute Gasteiger partial charge is 0.481 e. The highest BCUT2D eigenvalue weighted by Gasteiger charge is 2.28. The van der Waals surface area contributed by atoms with Crippen molar-refractivity contribution < 1.29 is 39.6 Å². The Bertz CT molecular complexity index is 533. The summed E-state index contributed by atoms with van der Waals surface area (Å²) in [5.74, 6) is -5.21. The van der Waals surface area contributed by atoms with E-state index in [1.807, 2.05) is 0 Å². The van der Waals surface area contributed by atoms with Gasteiger partial charge in [-0.05, 0) is 0 Å². The third-order valence-electron chi connectivity index (χ3n) is 3.94. The molecule has 0 bridgehead atoms. The first-order valence-electron chi connectivity index (χ1n) is 9.17. The van der Waals surface area contributed by atoms with Gasteiger partial charge in [-0.1, -0.05) is 0 Å².